The Labute approximate surface area is 430 Å². The molecule has 0 unspecified atom stereocenters. The Hall–Kier alpha value is -6.88. The quantitative estimate of drug-likeness (QED) is 0.0344. The van der Waals surface area contributed by atoms with Gasteiger partial charge in [-0.05, 0) is 82.9 Å². The molecule has 0 aliphatic rings. The average Bonchev–Trinajstić information content (AvgIpc) is 3.99. The van der Waals surface area contributed by atoms with Crippen molar-refractivity contribution in [1.29, 1.82) is 0 Å². The predicted molar refractivity (Wildman–Crippen MR) is 307 cm³/mol. The first-order valence-corrected chi connectivity index (χ1v) is 27.8. The maximum Gasteiger partial charge on any atom is 0.141 e. The van der Waals surface area contributed by atoms with Crippen LogP contribution in [0.5, 0.6) is 0 Å². The van der Waals surface area contributed by atoms with Gasteiger partial charge in [-0.1, -0.05) is 250 Å². The van der Waals surface area contributed by atoms with E-state index in [-0.39, 0.29) is 0 Å². The predicted octanol–water partition coefficient (Wildman–Crippen LogP) is 18.7. The third-order valence-electron chi connectivity index (χ3n) is 14.7. The lowest BCUT2D eigenvalue weighted by molar-refractivity contribution is 0.539. The van der Waals surface area contributed by atoms with Crippen molar-refractivity contribution in [2.45, 2.75) is 155 Å². The number of benzene rings is 7. The molecule has 4 nitrogen and oxygen atoms in total. The van der Waals surface area contributed by atoms with Crippen molar-refractivity contribution in [3.63, 3.8) is 0 Å². The summed E-state index contributed by atoms with van der Waals surface area (Å²) in [5, 5.41) is 4.45. The van der Waals surface area contributed by atoms with Gasteiger partial charge in [-0.2, -0.15) is 0 Å². The molecule has 0 aliphatic carbocycles. The molecule has 7 aromatic carbocycles. The van der Waals surface area contributed by atoms with Crippen LogP contribution in [0.4, 0.5) is 0 Å². The molecule has 72 heavy (non-hydrogen) atoms. The Morgan fingerprint density at radius 2 is 0.625 bits per heavy atom. The number of hydrogen-bond acceptors (Lipinski definition) is 2. The van der Waals surface area contributed by atoms with Gasteiger partial charge in [0.1, 0.15) is 11.6 Å². The van der Waals surface area contributed by atoms with E-state index in [2.05, 4.69) is 192 Å². The summed E-state index contributed by atoms with van der Waals surface area (Å²) in [6, 6.07) is 51.7. The lowest BCUT2D eigenvalue weighted by Crippen LogP contribution is -2.01. The molecule has 366 valence electrons. The summed E-state index contributed by atoms with van der Waals surface area (Å²) in [5.74, 6) is 16.5. The summed E-state index contributed by atoms with van der Waals surface area (Å²) in [5.41, 5.74) is 10.8. The molecule has 2 aromatic heterocycles. The number of imidazole rings is 2. The highest BCUT2D eigenvalue weighted by Gasteiger charge is 2.15. The molecule has 0 atom stereocenters. The number of nitrogens with zero attached hydrogens (tertiary/aromatic N) is 4. The summed E-state index contributed by atoms with van der Waals surface area (Å²) in [4.78, 5) is 10.3. The molecule has 0 spiro atoms. The first kappa shape index (κ1) is 50.1. The summed E-state index contributed by atoms with van der Waals surface area (Å²) >= 11 is 0. The maximum absolute atomic E-state index is 5.14. The standard InChI is InChI=1S/C68H74N4/c1-3-5-7-9-11-13-15-17-19-29-51-71-65-37-27-25-35-63(65)69-67(71)55-45-39-53(40-46-55)43-49-61-57-31-21-23-33-59(57)62(60-34-24-22-32-58(60)61)50-44-54-41-47-56(48-42-54)68-70-64-36-26-28-38-66(64)72(68)52-30-20-18-16-14-12-10-8-6-4-2/h21-28,31-42,45-48H,3-20,29-30,51-52H2,1-2H3. The van der Waals surface area contributed by atoms with Crippen LogP contribution in [-0.2, 0) is 13.1 Å². The van der Waals surface area contributed by atoms with Crippen molar-refractivity contribution in [1.82, 2.24) is 19.1 Å². The first-order valence-electron chi connectivity index (χ1n) is 27.8. The molecule has 0 aliphatic heterocycles. The second-order valence-electron chi connectivity index (χ2n) is 20.0. The van der Waals surface area contributed by atoms with Crippen molar-refractivity contribution < 1.29 is 0 Å². The summed E-state index contributed by atoms with van der Waals surface area (Å²) in [7, 11) is 0. The van der Waals surface area contributed by atoms with Gasteiger partial charge in [-0.3, -0.25) is 0 Å². The number of fused-ring (bicyclic) bond motifs is 4. The molecular formula is C68H74N4. The van der Waals surface area contributed by atoms with Gasteiger partial charge in [-0.15, -0.1) is 0 Å². The molecule has 9 rings (SSSR count). The van der Waals surface area contributed by atoms with Gasteiger partial charge >= 0.3 is 0 Å². The Morgan fingerprint density at radius 1 is 0.319 bits per heavy atom. The van der Waals surface area contributed by atoms with Crippen molar-refractivity contribution in [2.24, 2.45) is 0 Å². The third kappa shape index (κ3) is 12.6. The zero-order valence-corrected chi connectivity index (χ0v) is 43.2. The number of aryl methyl sites for hydroxylation is 2. The van der Waals surface area contributed by atoms with E-state index in [4.69, 9.17) is 9.97 Å². The minimum atomic E-state index is 0.977. The topological polar surface area (TPSA) is 35.6 Å². The number of para-hydroxylation sites is 4. The number of unbranched alkanes of at least 4 members (excludes halogenated alkanes) is 18. The Morgan fingerprint density at radius 3 is 0.972 bits per heavy atom. The maximum atomic E-state index is 5.14. The fraction of sp³-hybridized carbons (Fsp3) is 0.353. The molecule has 0 N–H and O–H groups in total. The molecule has 9 aromatic rings. The molecule has 0 amide bonds. The second kappa shape index (κ2) is 26.0. The Bertz CT molecular complexity index is 3010. The van der Waals surface area contributed by atoms with Gasteiger partial charge in [0.2, 0.25) is 0 Å². The fourth-order valence-electron chi connectivity index (χ4n) is 10.6. The van der Waals surface area contributed by atoms with Crippen LogP contribution in [0.25, 0.3) is 66.4 Å². The number of aromatic nitrogens is 4. The van der Waals surface area contributed by atoms with Gasteiger partial charge in [-0.25, -0.2) is 9.97 Å². The summed E-state index contributed by atoms with van der Waals surface area (Å²) < 4.78 is 4.85. The molecule has 0 fully saturated rings. The minimum absolute atomic E-state index is 0.977. The lowest BCUT2D eigenvalue weighted by Gasteiger charge is -2.11. The van der Waals surface area contributed by atoms with E-state index in [1.165, 1.54) is 127 Å². The molecule has 0 saturated carbocycles. The van der Waals surface area contributed by atoms with Gasteiger partial charge in [0.15, 0.2) is 0 Å². The molecule has 4 heteroatoms. The van der Waals surface area contributed by atoms with E-state index >= 15 is 0 Å². The van der Waals surface area contributed by atoms with Crippen molar-refractivity contribution in [3.8, 4) is 46.5 Å². The lowest BCUT2D eigenvalue weighted by atomic mass is 9.92. The SMILES string of the molecule is CCCCCCCCCCCCn1c(-c2ccc(C#Cc3c4ccccc4c(C#Cc4ccc(-c5nc6ccccc6n5CCCCCCCCCCCC)cc4)c4ccccc34)cc2)nc2ccccc21. The van der Waals surface area contributed by atoms with Gasteiger partial charge in [0, 0.05) is 46.5 Å². The summed E-state index contributed by atoms with van der Waals surface area (Å²) in [6.07, 6.45) is 26.6. The number of rotatable bonds is 24. The highest BCUT2D eigenvalue weighted by Crippen LogP contribution is 2.33. The van der Waals surface area contributed by atoms with Gasteiger partial charge in [0.25, 0.3) is 0 Å². The van der Waals surface area contributed by atoms with Crippen LogP contribution in [0.2, 0.25) is 0 Å². The van der Waals surface area contributed by atoms with Crippen LogP contribution < -0.4 is 0 Å². The highest BCUT2D eigenvalue weighted by molar-refractivity contribution is 6.10. The van der Waals surface area contributed by atoms with Crippen LogP contribution >= 0.6 is 0 Å². The van der Waals surface area contributed by atoms with Crippen LogP contribution in [0, 0.1) is 23.7 Å². The van der Waals surface area contributed by atoms with E-state index in [1.54, 1.807) is 0 Å². The first-order chi connectivity index (χ1) is 35.7. The van der Waals surface area contributed by atoms with Crippen LogP contribution in [0.15, 0.2) is 146 Å². The third-order valence-corrected chi connectivity index (χ3v) is 14.7. The van der Waals surface area contributed by atoms with E-state index < -0.39 is 0 Å². The Kier molecular flexibility index (Phi) is 18.1. The van der Waals surface area contributed by atoms with Gasteiger partial charge in [0.05, 0.1) is 22.1 Å². The van der Waals surface area contributed by atoms with Gasteiger partial charge < -0.3 is 9.13 Å². The van der Waals surface area contributed by atoms with Crippen LogP contribution in [-0.4, -0.2) is 19.1 Å². The number of hydrogen-bond donors (Lipinski definition) is 0. The van der Waals surface area contributed by atoms with Crippen molar-refractivity contribution >= 4 is 43.6 Å². The monoisotopic (exact) mass is 947 g/mol. The zero-order chi connectivity index (χ0) is 49.2. The average molecular weight is 947 g/mol. The van der Waals surface area contributed by atoms with E-state index in [0.717, 1.165) is 104 Å². The second-order valence-corrected chi connectivity index (χ2v) is 20.0. The molecule has 0 saturated heterocycles. The van der Waals surface area contributed by atoms with Crippen molar-refractivity contribution in [2.75, 3.05) is 0 Å². The molecule has 0 bridgehead atoms. The Balaban J connectivity index is 0.902. The summed E-state index contributed by atoms with van der Waals surface area (Å²) in [6.45, 7) is 6.53. The largest absolute Gasteiger partial charge is 0.324 e. The fourth-order valence-corrected chi connectivity index (χ4v) is 10.6. The zero-order valence-electron chi connectivity index (χ0n) is 43.2. The van der Waals surface area contributed by atoms with Crippen molar-refractivity contribution in [3.05, 3.63) is 168 Å². The van der Waals surface area contributed by atoms with E-state index in [1.807, 2.05) is 0 Å². The normalized spacial score (nSPS) is 11.4. The van der Waals surface area contributed by atoms with E-state index in [0.29, 0.717) is 0 Å². The molecular weight excluding hydrogens is 873 g/mol. The smallest absolute Gasteiger partial charge is 0.141 e. The minimum Gasteiger partial charge on any atom is -0.324 e. The van der Waals surface area contributed by atoms with Crippen LogP contribution in [0.3, 0.4) is 0 Å². The molecule has 2 heterocycles. The van der Waals surface area contributed by atoms with Crippen LogP contribution in [0.1, 0.15) is 165 Å². The molecule has 0 radical (unpaired) electrons. The highest BCUT2D eigenvalue weighted by atomic mass is 15.1. The van der Waals surface area contributed by atoms with E-state index in [9.17, 15) is 0 Å².